The van der Waals surface area contributed by atoms with Crippen LogP contribution in [0.3, 0.4) is 0 Å². The van der Waals surface area contributed by atoms with Crippen LogP contribution in [0.2, 0.25) is 0 Å². The van der Waals surface area contributed by atoms with Crippen molar-refractivity contribution in [3.63, 3.8) is 0 Å². The van der Waals surface area contributed by atoms with Gasteiger partial charge in [-0.15, -0.1) is 0 Å². The van der Waals surface area contributed by atoms with E-state index in [-0.39, 0.29) is 0 Å². The molecule has 0 N–H and O–H groups in total. The summed E-state index contributed by atoms with van der Waals surface area (Å²) >= 11 is 16.8. The zero-order valence-corrected chi connectivity index (χ0v) is 7.10. The molecule has 0 saturated heterocycles. The van der Waals surface area contributed by atoms with E-state index in [9.17, 15) is 0 Å². The number of allylic oxidation sites excluding steroid dienone is 2. The van der Waals surface area contributed by atoms with E-state index in [0.29, 0.717) is 0 Å². The van der Waals surface area contributed by atoms with Crippen molar-refractivity contribution in [2.45, 2.75) is 23.1 Å². The molecule has 0 atom stereocenters. The van der Waals surface area contributed by atoms with Crippen molar-refractivity contribution < 1.29 is 0 Å². The van der Waals surface area contributed by atoms with Crippen molar-refractivity contribution in [2.75, 3.05) is 0 Å². The van der Waals surface area contributed by atoms with Gasteiger partial charge < -0.3 is 0 Å². The van der Waals surface area contributed by atoms with Gasteiger partial charge in [0.05, 0.1) is 0 Å². The number of rotatable bonds is 0. The topological polar surface area (TPSA) is 0 Å². The molecule has 0 amide bonds. The van der Waals surface area contributed by atoms with Gasteiger partial charge in [-0.25, -0.2) is 0 Å². The van der Waals surface area contributed by atoms with E-state index in [1.165, 1.54) is 0 Å². The van der Waals surface area contributed by atoms with Gasteiger partial charge >= 0.3 is 0 Å². The number of halogens is 3. The third kappa shape index (κ3) is 2.03. The van der Waals surface area contributed by atoms with Gasteiger partial charge in [0.2, 0.25) is 3.79 Å². The standard InChI is InChI=1S/C6H7Cl3/c7-6(8,9)5-3-1-2-4-5/h3H,1-2,4H2. The monoisotopic (exact) mass is 184 g/mol. The average molecular weight is 185 g/mol. The molecular weight excluding hydrogens is 178 g/mol. The van der Waals surface area contributed by atoms with E-state index in [2.05, 4.69) is 0 Å². The summed E-state index contributed by atoms with van der Waals surface area (Å²) in [5.41, 5.74) is 0.951. The minimum absolute atomic E-state index is 0.941. The SMILES string of the molecule is ClC(Cl)(Cl)C1=CCCC1. The van der Waals surface area contributed by atoms with Crippen LogP contribution in [0, 0.1) is 0 Å². The Kier molecular flexibility index (Phi) is 2.31. The second kappa shape index (κ2) is 2.69. The minimum Gasteiger partial charge on any atom is -0.0811 e. The Balaban J connectivity index is 2.61. The Morgan fingerprint density at radius 2 is 2.00 bits per heavy atom. The predicted octanol–water partition coefficient (Wildman–Crippen LogP) is 3.47. The van der Waals surface area contributed by atoms with E-state index < -0.39 is 3.79 Å². The summed E-state index contributed by atoms with van der Waals surface area (Å²) in [6.45, 7) is 0. The predicted molar refractivity (Wildman–Crippen MR) is 42.2 cm³/mol. The molecule has 1 aliphatic carbocycles. The van der Waals surface area contributed by atoms with Crippen molar-refractivity contribution in [2.24, 2.45) is 0 Å². The molecule has 0 radical (unpaired) electrons. The van der Waals surface area contributed by atoms with Crippen molar-refractivity contribution in [3.8, 4) is 0 Å². The van der Waals surface area contributed by atoms with Gasteiger partial charge in [0.25, 0.3) is 0 Å². The largest absolute Gasteiger partial charge is 0.212 e. The highest BCUT2D eigenvalue weighted by molar-refractivity contribution is 6.69. The Morgan fingerprint density at radius 3 is 2.22 bits per heavy atom. The fourth-order valence-electron chi connectivity index (χ4n) is 0.928. The third-order valence-corrected chi connectivity index (χ3v) is 2.13. The van der Waals surface area contributed by atoms with E-state index in [4.69, 9.17) is 34.8 Å². The highest BCUT2D eigenvalue weighted by atomic mass is 35.6. The molecule has 1 aliphatic rings. The van der Waals surface area contributed by atoms with Gasteiger partial charge in [0.1, 0.15) is 0 Å². The van der Waals surface area contributed by atoms with Gasteiger partial charge in [0, 0.05) is 0 Å². The Hall–Kier alpha value is 0.610. The first kappa shape index (κ1) is 7.71. The number of alkyl halides is 3. The molecule has 0 aliphatic heterocycles. The molecule has 0 spiro atoms. The fraction of sp³-hybridized carbons (Fsp3) is 0.667. The summed E-state index contributed by atoms with van der Waals surface area (Å²) in [4.78, 5) is 0. The van der Waals surface area contributed by atoms with Gasteiger partial charge in [-0.1, -0.05) is 40.9 Å². The molecule has 0 heterocycles. The normalized spacial score (nSPS) is 20.1. The molecule has 0 nitrogen and oxygen atoms in total. The molecule has 9 heavy (non-hydrogen) atoms. The first-order valence-corrected chi connectivity index (χ1v) is 4.00. The quantitative estimate of drug-likeness (QED) is 0.400. The molecule has 0 aromatic heterocycles. The van der Waals surface area contributed by atoms with Crippen LogP contribution in [-0.4, -0.2) is 3.79 Å². The molecule has 0 unspecified atom stereocenters. The van der Waals surface area contributed by atoms with Gasteiger partial charge in [-0.2, -0.15) is 0 Å². The van der Waals surface area contributed by atoms with Crippen LogP contribution < -0.4 is 0 Å². The summed E-state index contributed by atoms with van der Waals surface area (Å²) in [5.74, 6) is 0. The number of hydrogen-bond acceptors (Lipinski definition) is 0. The maximum absolute atomic E-state index is 5.60. The Bertz CT molecular complexity index is 132. The van der Waals surface area contributed by atoms with Crippen LogP contribution in [0.1, 0.15) is 19.3 Å². The molecule has 0 fully saturated rings. The summed E-state index contributed by atoms with van der Waals surface area (Å²) in [5, 5.41) is 0. The van der Waals surface area contributed by atoms with Crippen molar-refractivity contribution in [1.82, 2.24) is 0 Å². The van der Waals surface area contributed by atoms with Crippen LogP contribution in [0.25, 0.3) is 0 Å². The lowest BCUT2D eigenvalue weighted by molar-refractivity contribution is 0.895. The molecular formula is C6H7Cl3. The van der Waals surface area contributed by atoms with Gasteiger partial charge in [-0.05, 0) is 24.8 Å². The first-order valence-electron chi connectivity index (χ1n) is 2.87. The first-order chi connectivity index (χ1) is 4.11. The van der Waals surface area contributed by atoms with Crippen LogP contribution in [0.15, 0.2) is 11.6 Å². The fourth-order valence-corrected chi connectivity index (χ4v) is 1.44. The molecule has 0 saturated carbocycles. The highest BCUT2D eigenvalue weighted by Gasteiger charge is 2.26. The lowest BCUT2D eigenvalue weighted by Gasteiger charge is -2.10. The van der Waals surface area contributed by atoms with Crippen molar-refractivity contribution in [3.05, 3.63) is 11.6 Å². The summed E-state index contributed by atoms with van der Waals surface area (Å²) in [6.07, 6.45) is 5.13. The van der Waals surface area contributed by atoms with E-state index in [1.54, 1.807) is 0 Å². The minimum atomic E-state index is -1.14. The second-order valence-electron chi connectivity index (χ2n) is 2.12. The highest BCUT2D eigenvalue weighted by Crippen LogP contribution is 2.40. The smallest absolute Gasteiger partial charge is 0.0811 e. The second-order valence-corrected chi connectivity index (χ2v) is 4.40. The lowest BCUT2D eigenvalue weighted by Crippen LogP contribution is -2.03. The van der Waals surface area contributed by atoms with Gasteiger partial charge in [0.15, 0.2) is 0 Å². The van der Waals surface area contributed by atoms with Crippen LogP contribution in [-0.2, 0) is 0 Å². The molecule has 3 heteroatoms. The zero-order valence-electron chi connectivity index (χ0n) is 4.83. The van der Waals surface area contributed by atoms with Crippen molar-refractivity contribution >= 4 is 34.8 Å². The Morgan fingerprint density at radius 1 is 1.33 bits per heavy atom. The summed E-state index contributed by atoms with van der Waals surface area (Å²) in [7, 11) is 0. The molecule has 1 rings (SSSR count). The van der Waals surface area contributed by atoms with Crippen molar-refractivity contribution in [1.29, 1.82) is 0 Å². The molecule has 52 valence electrons. The van der Waals surface area contributed by atoms with Crippen LogP contribution in [0.5, 0.6) is 0 Å². The van der Waals surface area contributed by atoms with E-state index in [0.717, 1.165) is 24.8 Å². The zero-order chi connectivity index (χ0) is 6.91. The molecule has 0 aromatic rings. The third-order valence-electron chi connectivity index (χ3n) is 1.41. The molecule has 0 aromatic carbocycles. The number of hydrogen-bond donors (Lipinski definition) is 0. The lowest BCUT2D eigenvalue weighted by atomic mass is 10.3. The average Bonchev–Trinajstić information content (AvgIpc) is 2.08. The Labute approximate surface area is 69.8 Å². The maximum Gasteiger partial charge on any atom is 0.212 e. The maximum atomic E-state index is 5.60. The summed E-state index contributed by atoms with van der Waals surface area (Å²) < 4.78 is -1.14. The van der Waals surface area contributed by atoms with Crippen LogP contribution in [0.4, 0.5) is 0 Å². The molecule has 0 bridgehead atoms. The van der Waals surface area contributed by atoms with Gasteiger partial charge in [-0.3, -0.25) is 0 Å². The van der Waals surface area contributed by atoms with E-state index >= 15 is 0 Å². The van der Waals surface area contributed by atoms with Crippen LogP contribution >= 0.6 is 34.8 Å². The van der Waals surface area contributed by atoms with E-state index in [1.807, 2.05) is 6.08 Å². The summed E-state index contributed by atoms with van der Waals surface area (Å²) in [6, 6.07) is 0.